The van der Waals surface area contributed by atoms with Crippen molar-refractivity contribution in [3.8, 4) is 17.2 Å². The third-order valence-electron chi connectivity index (χ3n) is 4.32. The zero-order valence-electron chi connectivity index (χ0n) is 15.7. The minimum Gasteiger partial charge on any atom is -0.486 e. The highest BCUT2D eigenvalue weighted by atomic mass is 32.1. The van der Waals surface area contributed by atoms with Crippen LogP contribution in [0.4, 0.5) is 0 Å². The molecule has 4 rings (SSSR count). The Morgan fingerprint density at radius 3 is 2.75 bits per heavy atom. The third-order valence-corrected chi connectivity index (χ3v) is 5.45. The number of aryl methyl sites for hydroxylation is 2. The van der Waals surface area contributed by atoms with Crippen molar-refractivity contribution in [3.05, 3.63) is 69.2 Å². The van der Waals surface area contributed by atoms with Gasteiger partial charge in [0.05, 0.1) is 5.69 Å². The maximum Gasteiger partial charge on any atom is 0.263 e. The summed E-state index contributed by atoms with van der Waals surface area (Å²) in [7, 11) is 0. The maximum atomic E-state index is 12.6. The highest BCUT2D eigenvalue weighted by Gasteiger charge is 2.17. The first kappa shape index (κ1) is 18.3. The molecule has 2 heterocycles. The first-order valence-corrected chi connectivity index (χ1v) is 9.72. The Hall–Kier alpha value is -3.06. The van der Waals surface area contributed by atoms with Crippen molar-refractivity contribution in [2.24, 2.45) is 0 Å². The van der Waals surface area contributed by atoms with Crippen LogP contribution >= 0.6 is 11.3 Å². The fraction of sp³-hybridized carbons (Fsp3) is 0.238. The van der Waals surface area contributed by atoms with Gasteiger partial charge in [-0.1, -0.05) is 23.8 Å². The van der Waals surface area contributed by atoms with Crippen LogP contribution in [0.15, 0.2) is 42.5 Å². The number of hydrogen-bond acceptors (Lipinski definition) is 6. The SMILES string of the molecule is Cc1ccc(OCc2nc(C)c(C(=O)NCc3ccc4c(c3)OCO4)s2)cc1. The van der Waals surface area contributed by atoms with Gasteiger partial charge in [-0.15, -0.1) is 11.3 Å². The van der Waals surface area contributed by atoms with E-state index >= 15 is 0 Å². The second-order valence-corrected chi connectivity index (χ2v) is 7.58. The van der Waals surface area contributed by atoms with Gasteiger partial charge in [0.1, 0.15) is 22.2 Å². The molecule has 0 unspecified atom stereocenters. The van der Waals surface area contributed by atoms with Crippen LogP contribution in [0, 0.1) is 13.8 Å². The van der Waals surface area contributed by atoms with Crippen molar-refractivity contribution < 1.29 is 19.0 Å². The predicted octanol–water partition coefficient (Wildman–Crippen LogP) is 4.00. The van der Waals surface area contributed by atoms with Gasteiger partial charge in [0.15, 0.2) is 11.5 Å². The second kappa shape index (κ2) is 7.90. The van der Waals surface area contributed by atoms with Crippen molar-refractivity contribution in [2.75, 3.05) is 6.79 Å². The van der Waals surface area contributed by atoms with E-state index in [2.05, 4.69) is 10.3 Å². The zero-order chi connectivity index (χ0) is 19.5. The van der Waals surface area contributed by atoms with Crippen LogP contribution in [0.25, 0.3) is 0 Å². The average Bonchev–Trinajstić information content (AvgIpc) is 3.31. The maximum absolute atomic E-state index is 12.6. The van der Waals surface area contributed by atoms with Gasteiger partial charge in [0, 0.05) is 6.54 Å². The molecule has 3 aromatic rings. The molecule has 0 fully saturated rings. The van der Waals surface area contributed by atoms with E-state index in [-0.39, 0.29) is 12.7 Å². The van der Waals surface area contributed by atoms with E-state index in [1.54, 1.807) is 0 Å². The lowest BCUT2D eigenvalue weighted by atomic mass is 10.2. The van der Waals surface area contributed by atoms with Gasteiger partial charge in [-0.25, -0.2) is 4.98 Å². The van der Waals surface area contributed by atoms with Crippen LogP contribution in [-0.4, -0.2) is 17.7 Å². The van der Waals surface area contributed by atoms with Gasteiger partial charge in [0.2, 0.25) is 6.79 Å². The molecule has 7 heteroatoms. The molecule has 0 saturated carbocycles. The lowest BCUT2D eigenvalue weighted by molar-refractivity contribution is 0.0954. The minimum atomic E-state index is -0.144. The summed E-state index contributed by atoms with van der Waals surface area (Å²) >= 11 is 1.35. The molecule has 0 atom stereocenters. The van der Waals surface area contributed by atoms with Crippen molar-refractivity contribution in [1.82, 2.24) is 10.3 Å². The number of thiazole rings is 1. The molecule has 0 saturated heterocycles. The summed E-state index contributed by atoms with van der Waals surface area (Å²) in [6.45, 7) is 4.84. The first-order valence-electron chi connectivity index (χ1n) is 8.91. The number of aromatic nitrogens is 1. The monoisotopic (exact) mass is 396 g/mol. The third kappa shape index (κ3) is 4.09. The first-order chi connectivity index (χ1) is 13.6. The molecular weight excluding hydrogens is 376 g/mol. The van der Waals surface area contributed by atoms with Crippen LogP contribution in [0.1, 0.15) is 31.5 Å². The lowest BCUT2D eigenvalue weighted by Gasteiger charge is -2.05. The van der Waals surface area contributed by atoms with E-state index in [4.69, 9.17) is 14.2 Å². The summed E-state index contributed by atoms with van der Waals surface area (Å²) in [6.07, 6.45) is 0. The summed E-state index contributed by atoms with van der Waals surface area (Å²) < 4.78 is 16.4. The summed E-state index contributed by atoms with van der Waals surface area (Å²) in [6, 6.07) is 13.5. The molecule has 2 aromatic carbocycles. The highest BCUT2D eigenvalue weighted by molar-refractivity contribution is 7.13. The highest BCUT2D eigenvalue weighted by Crippen LogP contribution is 2.32. The molecule has 6 nitrogen and oxygen atoms in total. The van der Waals surface area contributed by atoms with Gasteiger partial charge in [-0.3, -0.25) is 4.79 Å². The number of carbonyl (C=O) groups excluding carboxylic acids is 1. The van der Waals surface area contributed by atoms with E-state index in [1.807, 2.05) is 56.3 Å². The molecule has 1 N–H and O–H groups in total. The van der Waals surface area contributed by atoms with Crippen LogP contribution in [0.3, 0.4) is 0 Å². The Balaban J connectivity index is 1.36. The van der Waals surface area contributed by atoms with Gasteiger partial charge in [-0.2, -0.15) is 0 Å². The van der Waals surface area contributed by atoms with Crippen LogP contribution in [0.2, 0.25) is 0 Å². The van der Waals surface area contributed by atoms with Crippen molar-refractivity contribution >= 4 is 17.2 Å². The predicted molar refractivity (Wildman–Crippen MR) is 106 cm³/mol. The Bertz CT molecular complexity index is 998. The van der Waals surface area contributed by atoms with Crippen molar-refractivity contribution in [3.63, 3.8) is 0 Å². The van der Waals surface area contributed by atoms with Gasteiger partial charge in [0.25, 0.3) is 5.91 Å². The molecule has 28 heavy (non-hydrogen) atoms. The van der Waals surface area contributed by atoms with Crippen LogP contribution in [0.5, 0.6) is 17.2 Å². The lowest BCUT2D eigenvalue weighted by Crippen LogP contribution is -2.22. The fourth-order valence-corrected chi connectivity index (χ4v) is 3.71. The van der Waals surface area contributed by atoms with Crippen LogP contribution < -0.4 is 19.5 Å². The van der Waals surface area contributed by atoms with E-state index in [0.29, 0.717) is 29.5 Å². The smallest absolute Gasteiger partial charge is 0.263 e. The van der Waals surface area contributed by atoms with Gasteiger partial charge >= 0.3 is 0 Å². The second-order valence-electron chi connectivity index (χ2n) is 6.49. The van der Waals surface area contributed by atoms with Crippen molar-refractivity contribution in [2.45, 2.75) is 27.0 Å². The largest absolute Gasteiger partial charge is 0.486 e. The summed E-state index contributed by atoms with van der Waals surface area (Å²) in [5.74, 6) is 2.07. The Morgan fingerprint density at radius 2 is 1.93 bits per heavy atom. The number of nitrogens with one attached hydrogen (secondary N) is 1. The normalized spacial score (nSPS) is 12.1. The number of amides is 1. The molecule has 1 amide bonds. The number of nitrogens with zero attached hydrogens (tertiary/aromatic N) is 1. The topological polar surface area (TPSA) is 69.7 Å². The Morgan fingerprint density at radius 1 is 1.14 bits per heavy atom. The number of carbonyl (C=O) groups is 1. The fourth-order valence-electron chi connectivity index (χ4n) is 2.82. The summed E-state index contributed by atoms with van der Waals surface area (Å²) in [5.41, 5.74) is 2.83. The number of rotatable bonds is 6. The minimum absolute atomic E-state index is 0.144. The van der Waals surface area contributed by atoms with Crippen molar-refractivity contribution in [1.29, 1.82) is 0 Å². The molecule has 0 radical (unpaired) electrons. The molecule has 1 aromatic heterocycles. The zero-order valence-corrected chi connectivity index (χ0v) is 16.5. The summed E-state index contributed by atoms with van der Waals surface area (Å²) in [5, 5.41) is 3.70. The number of fused-ring (bicyclic) bond motifs is 1. The number of benzene rings is 2. The van der Waals surface area contributed by atoms with E-state index in [9.17, 15) is 4.79 Å². The molecular formula is C21H20N2O4S. The molecule has 0 bridgehead atoms. The quantitative estimate of drug-likeness (QED) is 0.682. The molecule has 1 aliphatic heterocycles. The van der Waals surface area contributed by atoms with Crippen LogP contribution in [-0.2, 0) is 13.2 Å². The number of hydrogen-bond donors (Lipinski definition) is 1. The van der Waals surface area contributed by atoms with E-state index in [1.165, 1.54) is 16.9 Å². The molecule has 0 aliphatic carbocycles. The molecule has 1 aliphatic rings. The molecule has 144 valence electrons. The average molecular weight is 396 g/mol. The van der Waals surface area contributed by atoms with Gasteiger partial charge in [-0.05, 0) is 43.7 Å². The standard InChI is InChI=1S/C21H20N2O4S/c1-13-3-6-16(7-4-13)25-11-19-23-14(2)20(28-19)21(24)22-10-15-5-8-17-18(9-15)27-12-26-17/h3-9H,10-12H2,1-2H3,(H,22,24). The molecule has 0 spiro atoms. The Labute approximate surface area is 167 Å². The van der Waals surface area contributed by atoms with E-state index in [0.717, 1.165) is 22.1 Å². The van der Waals surface area contributed by atoms with Gasteiger partial charge < -0.3 is 19.5 Å². The number of ether oxygens (including phenoxy) is 3. The van der Waals surface area contributed by atoms with E-state index < -0.39 is 0 Å². The summed E-state index contributed by atoms with van der Waals surface area (Å²) in [4.78, 5) is 17.6. The Kier molecular flexibility index (Phi) is 5.16.